The molecule has 3 heteroatoms. The summed E-state index contributed by atoms with van der Waals surface area (Å²) in [7, 11) is 0. The molecule has 0 radical (unpaired) electrons. The molecule has 21 heavy (non-hydrogen) atoms. The first-order valence-corrected chi connectivity index (χ1v) is 9.12. The SMILES string of the molecule is CCNC(c1cccc(C)c1I)c1cccc2ccsc12. The van der Waals surface area contributed by atoms with Gasteiger partial charge in [0.2, 0.25) is 0 Å². The van der Waals surface area contributed by atoms with E-state index >= 15 is 0 Å². The molecule has 1 nitrogen and oxygen atoms in total. The molecular weight excluding hydrogens is 389 g/mol. The van der Waals surface area contributed by atoms with Crippen molar-refractivity contribution >= 4 is 44.0 Å². The van der Waals surface area contributed by atoms with E-state index in [-0.39, 0.29) is 6.04 Å². The molecule has 0 aliphatic carbocycles. The van der Waals surface area contributed by atoms with Crippen LogP contribution in [0.2, 0.25) is 0 Å². The fourth-order valence-electron chi connectivity index (χ4n) is 2.73. The van der Waals surface area contributed by atoms with Gasteiger partial charge in [-0.15, -0.1) is 11.3 Å². The van der Waals surface area contributed by atoms with Crippen molar-refractivity contribution in [2.24, 2.45) is 0 Å². The summed E-state index contributed by atoms with van der Waals surface area (Å²) in [4.78, 5) is 0. The van der Waals surface area contributed by atoms with Gasteiger partial charge in [0, 0.05) is 8.27 Å². The number of aryl methyl sites for hydroxylation is 1. The molecule has 0 saturated heterocycles. The van der Waals surface area contributed by atoms with Gasteiger partial charge < -0.3 is 5.32 Å². The number of halogens is 1. The van der Waals surface area contributed by atoms with E-state index in [9.17, 15) is 0 Å². The Kier molecular flexibility index (Phi) is 4.62. The third kappa shape index (κ3) is 2.87. The zero-order valence-electron chi connectivity index (χ0n) is 12.2. The van der Waals surface area contributed by atoms with Crippen LogP contribution in [-0.2, 0) is 0 Å². The molecule has 108 valence electrons. The molecule has 0 amide bonds. The molecule has 1 aromatic heterocycles. The minimum absolute atomic E-state index is 0.254. The summed E-state index contributed by atoms with van der Waals surface area (Å²) in [5.41, 5.74) is 4.10. The molecule has 0 aliphatic heterocycles. The van der Waals surface area contributed by atoms with Gasteiger partial charge in [-0.3, -0.25) is 0 Å². The second kappa shape index (κ2) is 6.46. The average Bonchev–Trinajstić information content (AvgIpc) is 2.97. The molecule has 1 atom stereocenters. The lowest BCUT2D eigenvalue weighted by Crippen LogP contribution is -2.23. The standard InChI is InChI=1S/C18H18INS/c1-3-20-17(14-8-4-6-12(2)16(14)19)15-9-5-7-13-10-11-21-18(13)15/h4-11,17,20H,3H2,1-2H3. The van der Waals surface area contributed by atoms with Crippen LogP contribution in [0.15, 0.2) is 47.8 Å². The Balaban J connectivity index is 2.18. The van der Waals surface area contributed by atoms with E-state index in [1.54, 1.807) is 0 Å². The average molecular weight is 407 g/mol. The van der Waals surface area contributed by atoms with E-state index in [1.807, 2.05) is 11.3 Å². The van der Waals surface area contributed by atoms with Gasteiger partial charge in [0.05, 0.1) is 6.04 Å². The first kappa shape index (κ1) is 15.0. The lowest BCUT2D eigenvalue weighted by Gasteiger charge is -2.22. The van der Waals surface area contributed by atoms with Crippen molar-refractivity contribution in [1.29, 1.82) is 0 Å². The normalized spacial score (nSPS) is 12.7. The van der Waals surface area contributed by atoms with Crippen LogP contribution in [0.4, 0.5) is 0 Å². The maximum Gasteiger partial charge on any atom is 0.0601 e. The molecule has 2 aromatic carbocycles. The minimum atomic E-state index is 0.254. The topological polar surface area (TPSA) is 12.0 Å². The number of benzene rings is 2. The highest BCUT2D eigenvalue weighted by Gasteiger charge is 2.19. The van der Waals surface area contributed by atoms with Crippen molar-refractivity contribution in [3.05, 3.63) is 68.1 Å². The Morgan fingerprint density at radius 1 is 1.10 bits per heavy atom. The maximum absolute atomic E-state index is 3.67. The molecule has 1 N–H and O–H groups in total. The lowest BCUT2D eigenvalue weighted by molar-refractivity contribution is 0.632. The van der Waals surface area contributed by atoms with Crippen molar-refractivity contribution in [2.45, 2.75) is 19.9 Å². The zero-order chi connectivity index (χ0) is 14.8. The Hall–Kier alpha value is -0.910. The number of thiophene rings is 1. The Bertz CT molecular complexity index is 763. The van der Waals surface area contributed by atoms with Crippen LogP contribution in [0.3, 0.4) is 0 Å². The van der Waals surface area contributed by atoms with E-state index in [2.05, 4.69) is 89.6 Å². The molecule has 3 aromatic rings. The molecule has 1 unspecified atom stereocenters. The summed E-state index contributed by atoms with van der Waals surface area (Å²) in [6, 6.07) is 15.7. The largest absolute Gasteiger partial charge is 0.306 e. The van der Waals surface area contributed by atoms with Crippen LogP contribution < -0.4 is 5.32 Å². The smallest absolute Gasteiger partial charge is 0.0601 e. The van der Waals surface area contributed by atoms with E-state index in [0.717, 1.165) is 6.54 Å². The molecule has 0 spiro atoms. The predicted octanol–water partition coefficient (Wildman–Crippen LogP) is 5.51. The minimum Gasteiger partial charge on any atom is -0.306 e. The summed E-state index contributed by atoms with van der Waals surface area (Å²) in [5.74, 6) is 0. The molecule has 1 heterocycles. The summed E-state index contributed by atoms with van der Waals surface area (Å²) in [6.07, 6.45) is 0. The lowest BCUT2D eigenvalue weighted by atomic mass is 9.96. The summed E-state index contributed by atoms with van der Waals surface area (Å²) < 4.78 is 2.75. The Morgan fingerprint density at radius 2 is 1.86 bits per heavy atom. The highest BCUT2D eigenvalue weighted by Crippen LogP contribution is 2.34. The highest BCUT2D eigenvalue weighted by atomic mass is 127. The van der Waals surface area contributed by atoms with Gasteiger partial charge in [0.25, 0.3) is 0 Å². The van der Waals surface area contributed by atoms with Gasteiger partial charge >= 0.3 is 0 Å². The molecule has 0 aliphatic rings. The van der Waals surface area contributed by atoms with E-state index < -0.39 is 0 Å². The highest BCUT2D eigenvalue weighted by molar-refractivity contribution is 14.1. The van der Waals surface area contributed by atoms with Crippen molar-refractivity contribution in [1.82, 2.24) is 5.32 Å². The van der Waals surface area contributed by atoms with Crippen LogP contribution in [-0.4, -0.2) is 6.54 Å². The number of nitrogens with one attached hydrogen (secondary N) is 1. The van der Waals surface area contributed by atoms with Gasteiger partial charge in [0.1, 0.15) is 0 Å². The van der Waals surface area contributed by atoms with Crippen molar-refractivity contribution in [3.8, 4) is 0 Å². The van der Waals surface area contributed by atoms with Gasteiger partial charge in [-0.1, -0.05) is 43.3 Å². The fraction of sp³-hybridized carbons (Fsp3) is 0.222. The second-order valence-corrected chi connectivity index (χ2v) is 7.15. The van der Waals surface area contributed by atoms with Crippen molar-refractivity contribution in [2.75, 3.05) is 6.54 Å². The summed E-state index contributed by atoms with van der Waals surface area (Å²) in [5, 5.41) is 7.18. The van der Waals surface area contributed by atoms with Gasteiger partial charge in [-0.05, 0) is 69.6 Å². The van der Waals surface area contributed by atoms with Gasteiger partial charge in [-0.25, -0.2) is 0 Å². The quantitative estimate of drug-likeness (QED) is 0.562. The second-order valence-electron chi connectivity index (χ2n) is 5.16. The van der Waals surface area contributed by atoms with E-state index in [1.165, 1.54) is 30.3 Å². The van der Waals surface area contributed by atoms with E-state index in [4.69, 9.17) is 0 Å². The number of fused-ring (bicyclic) bond motifs is 1. The van der Waals surface area contributed by atoms with Crippen LogP contribution in [0, 0.1) is 10.5 Å². The maximum atomic E-state index is 3.67. The fourth-order valence-corrected chi connectivity index (χ4v) is 4.34. The Labute approximate surface area is 143 Å². The summed E-state index contributed by atoms with van der Waals surface area (Å²) >= 11 is 4.30. The third-order valence-electron chi connectivity index (χ3n) is 3.76. The Morgan fingerprint density at radius 3 is 2.67 bits per heavy atom. The molecular formula is C18H18INS. The number of rotatable bonds is 4. The third-order valence-corrected chi connectivity index (χ3v) is 6.21. The van der Waals surface area contributed by atoms with Gasteiger partial charge in [-0.2, -0.15) is 0 Å². The molecule has 0 fully saturated rings. The van der Waals surface area contributed by atoms with Crippen LogP contribution in [0.5, 0.6) is 0 Å². The summed E-state index contributed by atoms with van der Waals surface area (Å²) in [6.45, 7) is 5.31. The monoisotopic (exact) mass is 407 g/mol. The zero-order valence-corrected chi connectivity index (χ0v) is 15.2. The van der Waals surface area contributed by atoms with Crippen LogP contribution in [0.1, 0.15) is 29.7 Å². The first-order chi connectivity index (χ1) is 10.2. The molecule has 0 bridgehead atoms. The first-order valence-electron chi connectivity index (χ1n) is 7.17. The number of hydrogen-bond acceptors (Lipinski definition) is 2. The number of hydrogen-bond donors (Lipinski definition) is 1. The molecule has 0 saturated carbocycles. The van der Waals surface area contributed by atoms with Crippen LogP contribution in [0.25, 0.3) is 10.1 Å². The molecule has 3 rings (SSSR count). The van der Waals surface area contributed by atoms with Crippen LogP contribution >= 0.6 is 33.9 Å². The van der Waals surface area contributed by atoms with E-state index in [0.29, 0.717) is 0 Å². The predicted molar refractivity (Wildman–Crippen MR) is 101 cm³/mol. The van der Waals surface area contributed by atoms with Crippen molar-refractivity contribution < 1.29 is 0 Å². The van der Waals surface area contributed by atoms with Gasteiger partial charge in [0.15, 0.2) is 0 Å². The van der Waals surface area contributed by atoms with Crippen molar-refractivity contribution in [3.63, 3.8) is 0 Å².